The average molecular weight is 614 g/mol. The van der Waals surface area contributed by atoms with E-state index in [4.69, 9.17) is 15.0 Å². The van der Waals surface area contributed by atoms with Crippen LogP contribution in [0.15, 0.2) is 188 Å². The van der Waals surface area contributed by atoms with Gasteiger partial charge in [-0.1, -0.05) is 170 Å². The van der Waals surface area contributed by atoms with Gasteiger partial charge in [0.2, 0.25) is 0 Å². The van der Waals surface area contributed by atoms with Gasteiger partial charge < -0.3 is 0 Å². The molecule has 0 N–H and O–H groups in total. The molecule has 8 rings (SSSR count). The SMILES string of the molecule is c1ccc(-c2cc(-c3ccccc3)c(-c3cccc(-c4nc(-c5ccccc5)nc(-c5ccccc5)n4)c3)c(-c3ccccc3)c2)cc1. The van der Waals surface area contributed by atoms with Crippen molar-refractivity contribution in [3.05, 3.63) is 188 Å². The Bertz CT molecular complexity index is 2180. The minimum atomic E-state index is 0.632. The summed E-state index contributed by atoms with van der Waals surface area (Å²) in [5, 5.41) is 0. The molecule has 0 aliphatic rings. The van der Waals surface area contributed by atoms with Gasteiger partial charge in [-0.15, -0.1) is 0 Å². The van der Waals surface area contributed by atoms with Crippen LogP contribution in [0.3, 0.4) is 0 Å². The second-order valence-electron chi connectivity index (χ2n) is 11.7. The van der Waals surface area contributed by atoms with Gasteiger partial charge in [0.15, 0.2) is 17.5 Å². The average Bonchev–Trinajstić information content (AvgIpc) is 3.19. The molecule has 0 amide bonds. The number of benzene rings is 7. The lowest BCUT2D eigenvalue weighted by Gasteiger charge is -2.19. The number of rotatable bonds is 7. The minimum absolute atomic E-state index is 0.632. The number of aromatic nitrogens is 3. The van der Waals surface area contributed by atoms with E-state index < -0.39 is 0 Å². The van der Waals surface area contributed by atoms with E-state index in [-0.39, 0.29) is 0 Å². The summed E-state index contributed by atoms with van der Waals surface area (Å²) >= 11 is 0. The van der Waals surface area contributed by atoms with E-state index in [0.717, 1.165) is 38.9 Å². The highest BCUT2D eigenvalue weighted by molar-refractivity contribution is 5.98. The van der Waals surface area contributed by atoms with Gasteiger partial charge in [0, 0.05) is 16.7 Å². The van der Waals surface area contributed by atoms with Crippen molar-refractivity contribution >= 4 is 0 Å². The molecule has 0 bridgehead atoms. The topological polar surface area (TPSA) is 38.7 Å². The van der Waals surface area contributed by atoms with Gasteiger partial charge in [-0.3, -0.25) is 0 Å². The fourth-order valence-electron chi connectivity index (χ4n) is 6.19. The molecule has 0 atom stereocenters. The Hall–Kier alpha value is -6.45. The maximum atomic E-state index is 5.03. The van der Waals surface area contributed by atoms with E-state index in [1.807, 2.05) is 60.7 Å². The molecular weight excluding hydrogens is 583 g/mol. The molecule has 0 radical (unpaired) electrons. The molecule has 7 aromatic carbocycles. The molecule has 0 aliphatic heterocycles. The Kier molecular flexibility index (Phi) is 7.92. The molecule has 0 aliphatic carbocycles. The van der Waals surface area contributed by atoms with Crippen LogP contribution < -0.4 is 0 Å². The van der Waals surface area contributed by atoms with Gasteiger partial charge in [0.05, 0.1) is 0 Å². The largest absolute Gasteiger partial charge is 0.208 e. The predicted octanol–water partition coefficient (Wildman–Crippen LogP) is 11.5. The zero-order valence-corrected chi connectivity index (χ0v) is 26.2. The first-order valence-electron chi connectivity index (χ1n) is 16.1. The lowest BCUT2D eigenvalue weighted by atomic mass is 9.84. The number of nitrogens with zero attached hydrogens (tertiary/aromatic N) is 3. The third-order valence-electron chi connectivity index (χ3n) is 8.52. The summed E-state index contributed by atoms with van der Waals surface area (Å²) in [7, 11) is 0. The summed E-state index contributed by atoms with van der Waals surface area (Å²) < 4.78 is 0. The van der Waals surface area contributed by atoms with Crippen LogP contribution in [0.2, 0.25) is 0 Å². The summed E-state index contributed by atoms with van der Waals surface area (Å²) in [6.45, 7) is 0. The molecule has 0 spiro atoms. The summed E-state index contributed by atoms with van der Waals surface area (Å²) in [6.07, 6.45) is 0. The Balaban J connectivity index is 1.36. The standard InChI is InChI=1S/C45H31N3/c1-6-17-32(18-7-1)39-30-40(33-19-8-2-9-20-33)42(41(31-39)34-21-10-3-11-22-34)37-27-16-28-38(29-37)45-47-43(35-23-12-4-13-24-35)46-44(48-45)36-25-14-5-15-26-36/h1-31H. The normalized spacial score (nSPS) is 10.9. The zero-order valence-electron chi connectivity index (χ0n) is 26.2. The first kappa shape index (κ1) is 29.0. The van der Waals surface area contributed by atoms with Gasteiger partial charge in [-0.2, -0.15) is 0 Å². The van der Waals surface area contributed by atoms with Crippen molar-refractivity contribution in [1.82, 2.24) is 15.0 Å². The highest BCUT2D eigenvalue weighted by Crippen LogP contribution is 2.44. The first-order chi connectivity index (χ1) is 23.8. The van der Waals surface area contributed by atoms with E-state index in [1.165, 1.54) is 22.3 Å². The third kappa shape index (κ3) is 5.93. The summed E-state index contributed by atoms with van der Waals surface area (Å²) in [4.78, 5) is 15.0. The van der Waals surface area contributed by atoms with Gasteiger partial charge in [0.25, 0.3) is 0 Å². The number of hydrogen-bond donors (Lipinski definition) is 0. The summed E-state index contributed by atoms with van der Waals surface area (Å²) in [6, 6.07) is 65.4. The fraction of sp³-hybridized carbons (Fsp3) is 0. The third-order valence-corrected chi connectivity index (χ3v) is 8.52. The quantitative estimate of drug-likeness (QED) is 0.179. The Morgan fingerprint density at radius 2 is 0.562 bits per heavy atom. The van der Waals surface area contributed by atoms with Crippen LogP contribution in [-0.2, 0) is 0 Å². The molecule has 1 heterocycles. The molecule has 0 saturated heterocycles. The van der Waals surface area contributed by atoms with Gasteiger partial charge in [-0.05, 0) is 62.7 Å². The van der Waals surface area contributed by atoms with Gasteiger partial charge in [0.1, 0.15) is 0 Å². The molecule has 0 fully saturated rings. The van der Waals surface area contributed by atoms with Crippen LogP contribution >= 0.6 is 0 Å². The molecule has 3 heteroatoms. The predicted molar refractivity (Wildman–Crippen MR) is 198 cm³/mol. The van der Waals surface area contributed by atoms with E-state index in [2.05, 4.69) is 127 Å². The second-order valence-corrected chi connectivity index (χ2v) is 11.7. The lowest BCUT2D eigenvalue weighted by molar-refractivity contribution is 1.07. The molecule has 48 heavy (non-hydrogen) atoms. The molecule has 226 valence electrons. The van der Waals surface area contributed by atoms with Crippen molar-refractivity contribution < 1.29 is 0 Å². The lowest BCUT2D eigenvalue weighted by Crippen LogP contribution is -2.00. The molecule has 1 aromatic heterocycles. The van der Waals surface area contributed by atoms with E-state index in [0.29, 0.717) is 17.5 Å². The van der Waals surface area contributed by atoms with Crippen molar-refractivity contribution in [2.24, 2.45) is 0 Å². The smallest absolute Gasteiger partial charge is 0.164 e. The molecule has 8 aromatic rings. The maximum Gasteiger partial charge on any atom is 0.164 e. The van der Waals surface area contributed by atoms with E-state index >= 15 is 0 Å². The van der Waals surface area contributed by atoms with Crippen LogP contribution in [0, 0.1) is 0 Å². The van der Waals surface area contributed by atoms with Crippen molar-refractivity contribution in [3.8, 4) is 78.7 Å². The van der Waals surface area contributed by atoms with E-state index in [9.17, 15) is 0 Å². The molecule has 0 unspecified atom stereocenters. The van der Waals surface area contributed by atoms with Crippen molar-refractivity contribution in [2.45, 2.75) is 0 Å². The zero-order chi connectivity index (χ0) is 32.1. The second kappa shape index (κ2) is 13.1. The Morgan fingerprint density at radius 1 is 0.229 bits per heavy atom. The van der Waals surface area contributed by atoms with E-state index in [1.54, 1.807) is 0 Å². The van der Waals surface area contributed by atoms with Crippen molar-refractivity contribution in [2.75, 3.05) is 0 Å². The number of hydrogen-bond acceptors (Lipinski definition) is 3. The van der Waals surface area contributed by atoms with Crippen LogP contribution in [0.5, 0.6) is 0 Å². The monoisotopic (exact) mass is 613 g/mol. The van der Waals surface area contributed by atoms with Crippen molar-refractivity contribution in [3.63, 3.8) is 0 Å². The van der Waals surface area contributed by atoms with Crippen LogP contribution in [-0.4, -0.2) is 15.0 Å². The summed E-state index contributed by atoms with van der Waals surface area (Å²) in [5.74, 6) is 1.92. The summed E-state index contributed by atoms with van der Waals surface area (Å²) in [5.41, 5.74) is 12.1. The first-order valence-corrected chi connectivity index (χ1v) is 16.1. The maximum absolute atomic E-state index is 5.03. The highest BCUT2D eigenvalue weighted by Gasteiger charge is 2.19. The molecular formula is C45H31N3. The van der Waals surface area contributed by atoms with Crippen LogP contribution in [0.25, 0.3) is 78.7 Å². The molecule has 3 nitrogen and oxygen atoms in total. The Labute approximate surface area is 280 Å². The minimum Gasteiger partial charge on any atom is -0.208 e. The highest BCUT2D eigenvalue weighted by atomic mass is 15.0. The molecule has 0 saturated carbocycles. The van der Waals surface area contributed by atoms with Gasteiger partial charge in [-0.25, -0.2) is 15.0 Å². The van der Waals surface area contributed by atoms with Crippen LogP contribution in [0.1, 0.15) is 0 Å². The van der Waals surface area contributed by atoms with Gasteiger partial charge >= 0.3 is 0 Å². The Morgan fingerprint density at radius 3 is 1.00 bits per heavy atom. The fourth-order valence-corrected chi connectivity index (χ4v) is 6.19. The van der Waals surface area contributed by atoms with Crippen molar-refractivity contribution in [1.29, 1.82) is 0 Å². The van der Waals surface area contributed by atoms with Crippen LogP contribution in [0.4, 0.5) is 0 Å².